The number of aliphatic hydroxyl groups excluding tert-OH is 1. The van der Waals surface area contributed by atoms with Crippen LogP contribution in [-0.2, 0) is 65.4 Å². The van der Waals surface area contributed by atoms with E-state index in [1.807, 2.05) is 0 Å². The van der Waals surface area contributed by atoms with Gasteiger partial charge in [-0.15, -0.1) is 0 Å². The summed E-state index contributed by atoms with van der Waals surface area (Å²) in [5, 5.41) is 10.6. The van der Waals surface area contributed by atoms with Gasteiger partial charge in [-0.05, 0) is 49.4 Å². The van der Waals surface area contributed by atoms with Gasteiger partial charge in [0.1, 0.15) is 19.3 Å². The molecule has 0 aliphatic rings. The lowest BCUT2D eigenvalue weighted by atomic mass is 9.99. The Morgan fingerprint density at radius 1 is 0.286 bits per heavy atom. The molecule has 0 bridgehead atoms. The highest BCUT2D eigenvalue weighted by Gasteiger charge is 2.30. The maximum atomic E-state index is 13.1. The number of phosphoric ester groups is 2. The minimum Gasteiger partial charge on any atom is -0.462 e. The van der Waals surface area contributed by atoms with Gasteiger partial charge in [0.25, 0.3) is 0 Å². The van der Waals surface area contributed by atoms with Crippen LogP contribution in [-0.4, -0.2) is 96.7 Å². The molecule has 0 aromatic rings. The van der Waals surface area contributed by atoms with Gasteiger partial charge < -0.3 is 33.8 Å². The molecule has 0 aliphatic heterocycles. The van der Waals surface area contributed by atoms with Crippen molar-refractivity contribution >= 4 is 39.5 Å². The number of carbonyl (C=O) groups is 4. The zero-order valence-electron chi connectivity index (χ0n) is 64.4. The van der Waals surface area contributed by atoms with Crippen molar-refractivity contribution in [1.29, 1.82) is 0 Å². The number of esters is 4. The van der Waals surface area contributed by atoms with Crippen molar-refractivity contribution in [2.45, 2.75) is 420 Å². The van der Waals surface area contributed by atoms with Crippen LogP contribution in [0.1, 0.15) is 402 Å². The van der Waals surface area contributed by atoms with E-state index < -0.39 is 97.5 Å². The maximum absolute atomic E-state index is 13.1. The molecule has 0 fully saturated rings. The quantitative estimate of drug-likeness (QED) is 0.0222. The van der Waals surface area contributed by atoms with Crippen LogP contribution < -0.4 is 0 Å². The first-order chi connectivity index (χ1) is 47.1. The maximum Gasteiger partial charge on any atom is 0.472 e. The molecule has 0 aliphatic carbocycles. The van der Waals surface area contributed by atoms with Crippen molar-refractivity contribution in [2.24, 2.45) is 23.7 Å². The van der Waals surface area contributed by atoms with E-state index in [9.17, 15) is 43.2 Å². The number of rotatable bonds is 76. The summed E-state index contributed by atoms with van der Waals surface area (Å²) in [6.07, 6.45) is 54.2. The lowest BCUT2D eigenvalue weighted by molar-refractivity contribution is -0.161. The second-order valence-corrected chi connectivity index (χ2v) is 33.0. The van der Waals surface area contributed by atoms with Crippen LogP contribution in [0.25, 0.3) is 0 Å². The summed E-state index contributed by atoms with van der Waals surface area (Å²) in [5.41, 5.74) is 0. The van der Waals surface area contributed by atoms with Crippen molar-refractivity contribution in [1.82, 2.24) is 0 Å². The third-order valence-electron chi connectivity index (χ3n) is 18.7. The van der Waals surface area contributed by atoms with Crippen LogP contribution in [0.5, 0.6) is 0 Å². The molecule has 17 nitrogen and oxygen atoms in total. The highest BCUT2D eigenvalue weighted by Crippen LogP contribution is 2.45. The third kappa shape index (κ3) is 71.1. The van der Waals surface area contributed by atoms with E-state index >= 15 is 0 Å². The summed E-state index contributed by atoms with van der Waals surface area (Å²) in [6, 6.07) is 0. The molecular weight excluding hydrogens is 1280 g/mol. The SMILES string of the molecule is CCC(C)CCCCCCCCCCC(=O)O[C@H](COC(=O)CCCCCCCCCC(C)C)COP(=O)(O)OCC(O)COP(=O)(O)OC[C@@H](COC(=O)CCCCCCCCCCCCCCCCCCC(C)C)OC(=O)CCCCCCCCCCCCCCCCC(C)C. The van der Waals surface area contributed by atoms with Crippen LogP contribution in [0.2, 0.25) is 0 Å². The Morgan fingerprint density at radius 2 is 0.490 bits per heavy atom. The average molecular weight is 1440 g/mol. The van der Waals surface area contributed by atoms with Gasteiger partial charge in [-0.3, -0.25) is 37.3 Å². The zero-order chi connectivity index (χ0) is 72.4. The van der Waals surface area contributed by atoms with Crippen LogP contribution in [0, 0.1) is 23.7 Å². The van der Waals surface area contributed by atoms with E-state index in [0.29, 0.717) is 31.6 Å². The van der Waals surface area contributed by atoms with Gasteiger partial charge in [0.2, 0.25) is 0 Å². The Bertz CT molecular complexity index is 1920. The summed E-state index contributed by atoms with van der Waals surface area (Å²) in [7, 11) is -9.92. The van der Waals surface area contributed by atoms with E-state index in [4.69, 9.17) is 37.0 Å². The number of phosphoric acid groups is 2. The van der Waals surface area contributed by atoms with Crippen LogP contribution in [0.3, 0.4) is 0 Å². The van der Waals surface area contributed by atoms with Gasteiger partial charge in [-0.1, -0.05) is 351 Å². The average Bonchev–Trinajstić information content (AvgIpc) is 1.10. The molecule has 0 amide bonds. The summed E-state index contributed by atoms with van der Waals surface area (Å²) in [6.45, 7) is 14.2. The predicted octanol–water partition coefficient (Wildman–Crippen LogP) is 23.2. The van der Waals surface area contributed by atoms with Crippen molar-refractivity contribution < 1.29 is 80.2 Å². The van der Waals surface area contributed by atoms with E-state index in [0.717, 1.165) is 114 Å². The fourth-order valence-electron chi connectivity index (χ4n) is 12.0. The molecule has 0 aromatic carbocycles. The number of hydrogen-bond donors (Lipinski definition) is 3. The molecule has 0 spiro atoms. The molecule has 19 heteroatoms. The number of aliphatic hydroxyl groups is 1. The van der Waals surface area contributed by atoms with Gasteiger partial charge in [-0.2, -0.15) is 0 Å². The molecule has 582 valence electrons. The Hall–Kier alpha value is -1.94. The molecule has 98 heavy (non-hydrogen) atoms. The van der Waals surface area contributed by atoms with Crippen LogP contribution in [0.15, 0.2) is 0 Å². The standard InChI is InChI=1S/C79H154O17P2/c1-9-72(8)58-50-42-34-28-29-37-46-54-62-79(84)96-75(66-90-77(82)60-52-44-38-30-33-41-49-57-71(6)7)68-94-98(87,88)92-64-73(80)63-91-97(85,86)93-67-74(95-78(83)61-53-45-36-27-23-19-15-14-17-21-25-32-40-48-56-70(4)5)65-89-76(81)59-51-43-35-26-22-18-13-11-10-12-16-20-24-31-39-47-55-69(2)3/h69-75,80H,9-68H2,1-8H3,(H,85,86)(H,87,88)/t72?,73?,74-,75-/m1/s1. The summed E-state index contributed by atoms with van der Waals surface area (Å²) < 4.78 is 68.6. The predicted molar refractivity (Wildman–Crippen MR) is 400 cm³/mol. The topological polar surface area (TPSA) is 237 Å². The molecule has 0 saturated heterocycles. The number of unbranched alkanes of at least 4 members (excludes halogenated alkanes) is 41. The largest absolute Gasteiger partial charge is 0.472 e. The van der Waals surface area contributed by atoms with Crippen molar-refractivity contribution in [3.05, 3.63) is 0 Å². The Kier molecular flexibility index (Phi) is 66.8. The highest BCUT2D eigenvalue weighted by molar-refractivity contribution is 7.47. The monoisotopic (exact) mass is 1440 g/mol. The molecule has 6 atom stereocenters. The van der Waals surface area contributed by atoms with Gasteiger partial charge in [0.15, 0.2) is 12.2 Å². The second-order valence-electron chi connectivity index (χ2n) is 30.1. The molecular formula is C79H154O17P2. The first-order valence-electron chi connectivity index (χ1n) is 40.7. The van der Waals surface area contributed by atoms with Crippen LogP contribution >= 0.6 is 15.6 Å². The molecule has 3 N–H and O–H groups in total. The molecule has 0 rings (SSSR count). The summed E-state index contributed by atoms with van der Waals surface area (Å²) >= 11 is 0. The second kappa shape index (κ2) is 68.2. The van der Waals surface area contributed by atoms with Crippen LogP contribution in [0.4, 0.5) is 0 Å². The van der Waals surface area contributed by atoms with Gasteiger partial charge in [0, 0.05) is 25.7 Å². The smallest absolute Gasteiger partial charge is 0.462 e. The highest BCUT2D eigenvalue weighted by atomic mass is 31.2. The Balaban J connectivity index is 5.23. The minimum atomic E-state index is -4.96. The Morgan fingerprint density at radius 3 is 0.724 bits per heavy atom. The summed E-state index contributed by atoms with van der Waals surface area (Å²) in [5.74, 6) is 0.963. The van der Waals surface area contributed by atoms with E-state index in [1.54, 1.807) is 0 Å². The number of ether oxygens (including phenoxy) is 4. The Labute approximate surface area is 600 Å². The van der Waals surface area contributed by atoms with E-state index in [2.05, 4.69) is 55.4 Å². The third-order valence-corrected chi connectivity index (χ3v) is 20.6. The molecule has 0 saturated carbocycles. The molecule has 0 heterocycles. The normalized spacial score (nSPS) is 14.3. The first kappa shape index (κ1) is 96.1. The lowest BCUT2D eigenvalue weighted by Crippen LogP contribution is -2.30. The van der Waals surface area contributed by atoms with Crippen molar-refractivity contribution in [3.8, 4) is 0 Å². The molecule has 4 unspecified atom stereocenters. The first-order valence-corrected chi connectivity index (χ1v) is 43.7. The van der Waals surface area contributed by atoms with Gasteiger partial charge >= 0.3 is 39.5 Å². The van der Waals surface area contributed by atoms with Gasteiger partial charge in [-0.25, -0.2) is 9.13 Å². The zero-order valence-corrected chi connectivity index (χ0v) is 66.2. The van der Waals surface area contributed by atoms with Gasteiger partial charge in [0.05, 0.1) is 26.4 Å². The lowest BCUT2D eigenvalue weighted by Gasteiger charge is -2.21. The fraction of sp³-hybridized carbons (Fsp3) is 0.949. The fourth-order valence-corrected chi connectivity index (χ4v) is 13.6. The molecule has 0 aromatic heterocycles. The van der Waals surface area contributed by atoms with Crippen molar-refractivity contribution in [2.75, 3.05) is 39.6 Å². The van der Waals surface area contributed by atoms with E-state index in [-0.39, 0.29) is 25.7 Å². The number of carbonyl (C=O) groups excluding carboxylic acids is 4. The molecule has 0 radical (unpaired) electrons. The summed E-state index contributed by atoms with van der Waals surface area (Å²) in [4.78, 5) is 72.9. The minimum absolute atomic E-state index is 0.104. The number of hydrogen-bond acceptors (Lipinski definition) is 15. The van der Waals surface area contributed by atoms with Crippen molar-refractivity contribution in [3.63, 3.8) is 0 Å². The van der Waals surface area contributed by atoms with E-state index in [1.165, 1.54) is 199 Å².